The van der Waals surface area contributed by atoms with Crippen LogP contribution < -0.4 is 4.74 Å². The number of fused-ring (bicyclic) bond motifs is 1. The van der Waals surface area contributed by atoms with Crippen molar-refractivity contribution in [1.82, 2.24) is 0 Å². The van der Waals surface area contributed by atoms with Gasteiger partial charge in [0.1, 0.15) is 22.7 Å². The molecule has 1 aromatic heterocycles. The summed E-state index contributed by atoms with van der Waals surface area (Å²) >= 11 is 0. The van der Waals surface area contributed by atoms with Gasteiger partial charge in [0.15, 0.2) is 0 Å². The van der Waals surface area contributed by atoms with Gasteiger partial charge >= 0.3 is 11.9 Å². The van der Waals surface area contributed by atoms with E-state index in [1.54, 1.807) is 25.1 Å². The van der Waals surface area contributed by atoms with Crippen LogP contribution in [-0.2, 0) is 16.0 Å². The van der Waals surface area contributed by atoms with Crippen molar-refractivity contribution in [2.75, 3.05) is 6.61 Å². The lowest BCUT2D eigenvalue weighted by Crippen LogP contribution is -2.09. The van der Waals surface area contributed by atoms with Crippen molar-refractivity contribution in [3.63, 3.8) is 0 Å². The Labute approximate surface area is 180 Å². The largest absolute Gasteiger partial charge is 0.462 e. The molecule has 5 heteroatoms. The van der Waals surface area contributed by atoms with E-state index in [1.807, 2.05) is 60.7 Å². The first kappa shape index (κ1) is 20.4. The highest BCUT2D eigenvalue weighted by Crippen LogP contribution is 2.36. The summed E-state index contributed by atoms with van der Waals surface area (Å²) in [5.74, 6) is -0.0292. The van der Waals surface area contributed by atoms with Gasteiger partial charge in [0.05, 0.1) is 6.61 Å². The van der Waals surface area contributed by atoms with Gasteiger partial charge in [-0.3, -0.25) is 4.79 Å². The van der Waals surface area contributed by atoms with Gasteiger partial charge in [-0.1, -0.05) is 60.7 Å². The first-order chi connectivity index (χ1) is 15.2. The minimum atomic E-state index is -0.479. The summed E-state index contributed by atoms with van der Waals surface area (Å²) in [6.45, 7) is 2.00. The molecule has 156 valence electrons. The topological polar surface area (TPSA) is 65.7 Å². The summed E-state index contributed by atoms with van der Waals surface area (Å²) in [6.07, 6.45) is 0.854. The first-order valence-corrected chi connectivity index (χ1v) is 10.2. The Morgan fingerprint density at radius 3 is 2.32 bits per heavy atom. The zero-order valence-electron chi connectivity index (χ0n) is 17.2. The monoisotopic (exact) mass is 414 g/mol. The summed E-state index contributed by atoms with van der Waals surface area (Å²) in [7, 11) is 0. The molecule has 0 atom stereocenters. The summed E-state index contributed by atoms with van der Waals surface area (Å²) in [5.41, 5.74) is 2.68. The Kier molecular flexibility index (Phi) is 6.13. The molecule has 0 spiro atoms. The highest BCUT2D eigenvalue weighted by atomic mass is 16.5. The molecule has 0 amide bonds. The maximum Gasteiger partial charge on any atom is 0.342 e. The predicted molar refractivity (Wildman–Crippen MR) is 118 cm³/mol. The number of benzene rings is 3. The molecule has 0 saturated heterocycles. The lowest BCUT2D eigenvalue weighted by Gasteiger charge is -2.06. The minimum Gasteiger partial charge on any atom is -0.462 e. The van der Waals surface area contributed by atoms with Crippen molar-refractivity contribution in [2.24, 2.45) is 0 Å². The number of hydrogen-bond donors (Lipinski definition) is 0. The van der Waals surface area contributed by atoms with E-state index in [0.29, 0.717) is 34.5 Å². The molecule has 0 bridgehead atoms. The summed E-state index contributed by atoms with van der Waals surface area (Å²) in [5, 5.41) is 0.547. The molecule has 0 radical (unpaired) electrons. The lowest BCUT2D eigenvalue weighted by molar-refractivity contribution is -0.134. The zero-order valence-corrected chi connectivity index (χ0v) is 17.2. The van der Waals surface area contributed by atoms with Crippen LogP contribution in [0.5, 0.6) is 5.75 Å². The normalized spacial score (nSPS) is 10.7. The maximum atomic E-state index is 12.7. The number of hydrogen-bond acceptors (Lipinski definition) is 5. The third-order valence-corrected chi connectivity index (χ3v) is 4.87. The molecule has 3 aromatic carbocycles. The number of carbonyl (C=O) groups is 2. The van der Waals surface area contributed by atoms with E-state index in [-0.39, 0.29) is 19.0 Å². The van der Waals surface area contributed by atoms with Crippen LogP contribution in [0.25, 0.3) is 22.3 Å². The molecular weight excluding hydrogens is 392 g/mol. The molecule has 4 aromatic rings. The minimum absolute atomic E-state index is 0.244. The van der Waals surface area contributed by atoms with Crippen LogP contribution in [0.1, 0.15) is 29.3 Å². The number of carbonyl (C=O) groups excluding carboxylic acids is 2. The zero-order chi connectivity index (χ0) is 21.6. The Morgan fingerprint density at radius 1 is 0.903 bits per heavy atom. The smallest absolute Gasteiger partial charge is 0.342 e. The van der Waals surface area contributed by atoms with E-state index >= 15 is 0 Å². The van der Waals surface area contributed by atoms with Gasteiger partial charge in [0, 0.05) is 17.4 Å². The second kappa shape index (κ2) is 9.30. The van der Waals surface area contributed by atoms with Crippen molar-refractivity contribution in [3.8, 4) is 17.1 Å². The fourth-order valence-corrected chi connectivity index (χ4v) is 3.41. The van der Waals surface area contributed by atoms with Crippen molar-refractivity contribution in [2.45, 2.75) is 19.8 Å². The maximum absolute atomic E-state index is 12.7. The Hall–Kier alpha value is -3.86. The predicted octanol–water partition coefficient (Wildman–Crippen LogP) is 5.81. The number of aryl methyl sites for hydroxylation is 1. The number of esters is 2. The third-order valence-electron chi connectivity index (χ3n) is 4.87. The van der Waals surface area contributed by atoms with E-state index in [9.17, 15) is 9.59 Å². The molecule has 0 saturated carbocycles. The molecule has 0 aliphatic rings. The highest BCUT2D eigenvalue weighted by molar-refractivity contribution is 6.09. The molecule has 0 aliphatic heterocycles. The second-order valence-corrected chi connectivity index (χ2v) is 7.01. The van der Waals surface area contributed by atoms with Crippen LogP contribution in [0.15, 0.2) is 83.3 Å². The molecular formula is C26H22O5. The SMILES string of the molecule is CCOC(=O)c1c(-c2ccccc2)oc2ccc(OC(=O)CCc3ccccc3)cc12. The van der Waals surface area contributed by atoms with Crippen molar-refractivity contribution in [3.05, 3.63) is 90.0 Å². The summed E-state index contributed by atoms with van der Waals surface area (Å²) in [6, 6.07) is 24.1. The summed E-state index contributed by atoms with van der Waals surface area (Å²) in [4.78, 5) is 25.0. The van der Waals surface area contributed by atoms with Gasteiger partial charge in [-0.15, -0.1) is 0 Å². The van der Waals surface area contributed by atoms with Gasteiger partial charge in [-0.05, 0) is 37.1 Å². The van der Waals surface area contributed by atoms with Gasteiger partial charge in [-0.25, -0.2) is 4.79 Å². The molecule has 5 nitrogen and oxygen atoms in total. The fourth-order valence-electron chi connectivity index (χ4n) is 3.41. The van der Waals surface area contributed by atoms with E-state index < -0.39 is 5.97 Å². The van der Waals surface area contributed by atoms with E-state index in [2.05, 4.69) is 0 Å². The average molecular weight is 414 g/mol. The van der Waals surface area contributed by atoms with E-state index in [1.165, 1.54) is 0 Å². The van der Waals surface area contributed by atoms with Crippen molar-refractivity contribution >= 4 is 22.9 Å². The van der Waals surface area contributed by atoms with Crippen LogP contribution in [0.4, 0.5) is 0 Å². The Bertz CT molecular complexity index is 1190. The Balaban J connectivity index is 1.62. The van der Waals surface area contributed by atoms with Crippen molar-refractivity contribution in [1.29, 1.82) is 0 Å². The Morgan fingerprint density at radius 2 is 1.61 bits per heavy atom. The van der Waals surface area contributed by atoms with Crippen LogP contribution >= 0.6 is 0 Å². The highest BCUT2D eigenvalue weighted by Gasteiger charge is 2.24. The number of rotatable bonds is 7. The van der Waals surface area contributed by atoms with Gasteiger partial charge < -0.3 is 13.9 Å². The first-order valence-electron chi connectivity index (χ1n) is 10.2. The quantitative estimate of drug-likeness (QED) is 0.282. The third kappa shape index (κ3) is 4.67. The van der Waals surface area contributed by atoms with E-state index in [4.69, 9.17) is 13.9 Å². The molecule has 0 unspecified atom stereocenters. The van der Waals surface area contributed by atoms with Crippen molar-refractivity contribution < 1.29 is 23.5 Å². The van der Waals surface area contributed by atoms with Gasteiger partial charge in [0.2, 0.25) is 0 Å². The molecule has 1 heterocycles. The van der Waals surface area contributed by atoms with Crippen LogP contribution in [-0.4, -0.2) is 18.5 Å². The molecule has 0 aliphatic carbocycles. The molecule has 4 rings (SSSR count). The van der Waals surface area contributed by atoms with E-state index in [0.717, 1.165) is 11.1 Å². The van der Waals surface area contributed by atoms with Crippen LogP contribution in [0.3, 0.4) is 0 Å². The lowest BCUT2D eigenvalue weighted by atomic mass is 10.1. The van der Waals surface area contributed by atoms with Crippen LogP contribution in [0, 0.1) is 0 Å². The van der Waals surface area contributed by atoms with Crippen LogP contribution in [0.2, 0.25) is 0 Å². The van der Waals surface area contributed by atoms with Gasteiger partial charge in [0.25, 0.3) is 0 Å². The number of ether oxygens (including phenoxy) is 2. The molecule has 0 fully saturated rings. The number of furan rings is 1. The standard InChI is InChI=1S/C26H22O5/c1-2-29-26(28)24-21-17-20(30-23(27)16-13-18-9-5-3-6-10-18)14-15-22(21)31-25(24)19-11-7-4-8-12-19/h3-12,14-15,17H,2,13,16H2,1H3. The van der Waals surface area contributed by atoms with Gasteiger partial charge in [-0.2, -0.15) is 0 Å². The average Bonchev–Trinajstić information content (AvgIpc) is 3.18. The fraction of sp³-hybridized carbons (Fsp3) is 0.154. The molecule has 31 heavy (non-hydrogen) atoms. The second-order valence-electron chi connectivity index (χ2n) is 7.01. The molecule has 0 N–H and O–H groups in total. The summed E-state index contributed by atoms with van der Waals surface area (Å²) < 4.78 is 16.8.